The van der Waals surface area contributed by atoms with Crippen LogP contribution in [0, 0.1) is 0 Å². The molecule has 0 saturated carbocycles. The van der Waals surface area contributed by atoms with E-state index in [-0.39, 0.29) is 11.7 Å². The van der Waals surface area contributed by atoms with Crippen LogP contribution in [-0.4, -0.2) is 42.0 Å². The highest BCUT2D eigenvalue weighted by Crippen LogP contribution is 2.29. The van der Waals surface area contributed by atoms with Crippen LogP contribution in [0.15, 0.2) is 18.2 Å². The second kappa shape index (κ2) is 6.95. The van der Waals surface area contributed by atoms with Gasteiger partial charge in [-0.25, -0.2) is 13.4 Å². The molecule has 1 fully saturated rings. The molecule has 3 rings (SSSR count). The minimum Gasteiger partial charge on any atom is -0.301 e. The van der Waals surface area contributed by atoms with Crippen LogP contribution in [0.4, 0.5) is 5.13 Å². The van der Waals surface area contributed by atoms with Gasteiger partial charge < -0.3 is 5.32 Å². The summed E-state index contributed by atoms with van der Waals surface area (Å²) in [7, 11) is -3.39. The first-order valence-electron chi connectivity index (χ1n) is 7.77. The average Bonchev–Trinajstić information content (AvgIpc) is 3.12. The molecule has 1 saturated heterocycles. The molecule has 0 aliphatic carbocycles. The zero-order valence-electron chi connectivity index (χ0n) is 13.2. The highest BCUT2D eigenvalue weighted by atomic mass is 35.5. The maximum Gasteiger partial charge on any atom is 0.244 e. The van der Waals surface area contributed by atoms with E-state index in [2.05, 4.69) is 10.3 Å². The zero-order valence-corrected chi connectivity index (χ0v) is 15.5. The fourth-order valence-corrected chi connectivity index (χ4v) is 5.74. The van der Waals surface area contributed by atoms with Crippen molar-refractivity contribution in [2.45, 2.75) is 32.2 Å². The molecule has 1 amide bonds. The lowest BCUT2D eigenvalue weighted by Gasteiger charge is -2.22. The first kappa shape index (κ1) is 17.6. The van der Waals surface area contributed by atoms with Crippen molar-refractivity contribution >= 4 is 54.2 Å². The van der Waals surface area contributed by atoms with Gasteiger partial charge in [-0.1, -0.05) is 29.9 Å². The average molecular weight is 388 g/mol. The minimum absolute atomic E-state index is 0.0659. The predicted molar refractivity (Wildman–Crippen MR) is 97.1 cm³/mol. The van der Waals surface area contributed by atoms with Crippen molar-refractivity contribution in [1.82, 2.24) is 9.29 Å². The second-order valence-electron chi connectivity index (χ2n) is 5.71. The first-order valence-corrected chi connectivity index (χ1v) is 10.6. The third-order valence-corrected chi connectivity index (χ3v) is 7.15. The quantitative estimate of drug-likeness (QED) is 0.854. The Bertz CT molecular complexity index is 866. The lowest BCUT2D eigenvalue weighted by molar-refractivity contribution is -0.119. The number of benzene rings is 1. The molecule has 1 N–H and O–H groups in total. The third-order valence-electron chi connectivity index (χ3n) is 3.91. The Morgan fingerprint density at radius 3 is 3.04 bits per heavy atom. The van der Waals surface area contributed by atoms with Gasteiger partial charge in [-0.05, 0) is 37.5 Å². The van der Waals surface area contributed by atoms with E-state index in [0.29, 0.717) is 36.0 Å². The Morgan fingerprint density at radius 1 is 1.50 bits per heavy atom. The smallest absolute Gasteiger partial charge is 0.244 e. The monoisotopic (exact) mass is 387 g/mol. The van der Waals surface area contributed by atoms with Gasteiger partial charge in [0.2, 0.25) is 15.9 Å². The number of carbonyl (C=O) groups excluding carboxylic acids is 1. The van der Waals surface area contributed by atoms with Crippen LogP contribution in [0.5, 0.6) is 0 Å². The first-order chi connectivity index (χ1) is 11.4. The minimum atomic E-state index is -3.39. The maximum absolute atomic E-state index is 12.5. The number of rotatable bonds is 5. The number of anilines is 1. The Kier molecular flexibility index (Phi) is 5.10. The molecule has 1 atom stereocenters. The maximum atomic E-state index is 12.5. The summed E-state index contributed by atoms with van der Waals surface area (Å²) in [4.78, 5) is 16.9. The number of nitrogens with zero attached hydrogens (tertiary/aromatic N) is 2. The van der Waals surface area contributed by atoms with E-state index < -0.39 is 16.1 Å². The Balaban J connectivity index is 1.77. The van der Waals surface area contributed by atoms with E-state index in [9.17, 15) is 13.2 Å². The Hall–Kier alpha value is -1.22. The van der Waals surface area contributed by atoms with Crippen molar-refractivity contribution in [2.75, 3.05) is 17.6 Å². The molecular weight excluding hydrogens is 370 g/mol. The van der Waals surface area contributed by atoms with E-state index >= 15 is 0 Å². The highest BCUT2D eigenvalue weighted by Gasteiger charge is 2.38. The number of carbonyl (C=O) groups is 1. The summed E-state index contributed by atoms with van der Waals surface area (Å²) < 4.78 is 26.8. The lowest BCUT2D eigenvalue weighted by atomic mass is 10.2. The molecule has 1 aliphatic rings. The van der Waals surface area contributed by atoms with Gasteiger partial charge in [0, 0.05) is 11.6 Å². The molecule has 130 valence electrons. The van der Waals surface area contributed by atoms with Crippen LogP contribution < -0.4 is 5.32 Å². The number of nitrogens with one attached hydrogen (secondary N) is 1. The topological polar surface area (TPSA) is 79.4 Å². The number of sulfonamides is 1. The molecular formula is C15H18ClN3O3S2. The molecule has 6 nitrogen and oxygen atoms in total. The molecule has 9 heteroatoms. The van der Waals surface area contributed by atoms with Crippen molar-refractivity contribution in [2.24, 2.45) is 0 Å². The van der Waals surface area contributed by atoms with Crippen LogP contribution in [0.1, 0.15) is 26.2 Å². The van der Waals surface area contributed by atoms with Crippen molar-refractivity contribution in [3.63, 3.8) is 0 Å². The number of thiazole rings is 1. The van der Waals surface area contributed by atoms with Crippen LogP contribution in [-0.2, 0) is 14.8 Å². The van der Waals surface area contributed by atoms with Gasteiger partial charge >= 0.3 is 0 Å². The predicted octanol–water partition coefficient (Wildman–Crippen LogP) is 3.09. The standard InChI is InChI=1S/C15H18ClN3O3S2/c1-2-8-24(21,22)19-7-3-4-12(19)14(20)18-15-17-11-6-5-10(16)9-13(11)23-15/h5-6,9,12H,2-4,7-8H2,1H3,(H,17,18,20)/t12-/m1/s1. The normalized spacial score (nSPS) is 19.0. The fourth-order valence-electron chi connectivity index (χ4n) is 2.85. The molecule has 0 unspecified atom stereocenters. The van der Waals surface area contributed by atoms with Gasteiger partial charge in [-0.15, -0.1) is 0 Å². The molecule has 0 radical (unpaired) electrons. The Morgan fingerprint density at radius 2 is 2.29 bits per heavy atom. The van der Waals surface area contributed by atoms with Gasteiger partial charge in [-0.2, -0.15) is 4.31 Å². The van der Waals surface area contributed by atoms with Crippen molar-refractivity contribution in [3.05, 3.63) is 23.2 Å². The number of amides is 1. The zero-order chi connectivity index (χ0) is 17.3. The van der Waals surface area contributed by atoms with Gasteiger partial charge in [0.25, 0.3) is 0 Å². The highest BCUT2D eigenvalue weighted by molar-refractivity contribution is 7.89. The van der Waals surface area contributed by atoms with Gasteiger partial charge in [0.05, 0.1) is 16.0 Å². The summed E-state index contributed by atoms with van der Waals surface area (Å²) in [6, 6.07) is 4.66. The fraction of sp³-hybridized carbons (Fsp3) is 0.467. The molecule has 1 aromatic heterocycles. The van der Waals surface area contributed by atoms with Gasteiger partial charge in [0.1, 0.15) is 6.04 Å². The van der Waals surface area contributed by atoms with E-state index in [0.717, 1.165) is 10.2 Å². The summed E-state index contributed by atoms with van der Waals surface area (Å²) in [5.74, 6) is -0.256. The van der Waals surface area contributed by atoms with Gasteiger partial charge in [0.15, 0.2) is 5.13 Å². The summed E-state index contributed by atoms with van der Waals surface area (Å²) >= 11 is 7.28. The summed E-state index contributed by atoms with van der Waals surface area (Å²) in [6.45, 7) is 2.21. The van der Waals surface area contributed by atoms with Crippen LogP contribution in [0.25, 0.3) is 10.2 Å². The van der Waals surface area contributed by atoms with E-state index in [1.54, 1.807) is 18.2 Å². The molecule has 1 aliphatic heterocycles. The SMILES string of the molecule is CCCS(=O)(=O)N1CCC[C@@H]1C(=O)Nc1nc2ccc(Cl)cc2s1. The van der Waals surface area contributed by atoms with Crippen LogP contribution >= 0.6 is 22.9 Å². The molecule has 0 spiro atoms. The van der Waals surface area contributed by atoms with E-state index in [1.807, 2.05) is 6.92 Å². The lowest BCUT2D eigenvalue weighted by Crippen LogP contribution is -2.43. The number of fused-ring (bicyclic) bond motifs is 1. The number of aromatic nitrogens is 1. The number of hydrogen-bond acceptors (Lipinski definition) is 5. The summed E-state index contributed by atoms with van der Waals surface area (Å²) in [6.07, 6.45) is 1.76. The van der Waals surface area contributed by atoms with Crippen molar-refractivity contribution in [1.29, 1.82) is 0 Å². The largest absolute Gasteiger partial charge is 0.301 e. The number of halogens is 1. The summed E-state index contributed by atoms with van der Waals surface area (Å²) in [5, 5.41) is 3.82. The van der Waals surface area contributed by atoms with Crippen LogP contribution in [0.2, 0.25) is 5.02 Å². The second-order valence-corrected chi connectivity index (χ2v) is 9.21. The molecule has 1 aromatic carbocycles. The van der Waals surface area contributed by atoms with Crippen molar-refractivity contribution in [3.8, 4) is 0 Å². The van der Waals surface area contributed by atoms with E-state index in [4.69, 9.17) is 11.6 Å². The van der Waals surface area contributed by atoms with Crippen molar-refractivity contribution < 1.29 is 13.2 Å². The summed E-state index contributed by atoms with van der Waals surface area (Å²) in [5.41, 5.74) is 0.751. The third kappa shape index (κ3) is 3.56. The Labute approximate surface area is 149 Å². The molecule has 0 bridgehead atoms. The molecule has 24 heavy (non-hydrogen) atoms. The van der Waals surface area contributed by atoms with Crippen LogP contribution in [0.3, 0.4) is 0 Å². The van der Waals surface area contributed by atoms with Gasteiger partial charge in [-0.3, -0.25) is 4.79 Å². The molecule has 2 aromatic rings. The van der Waals surface area contributed by atoms with E-state index in [1.165, 1.54) is 15.6 Å². The number of hydrogen-bond donors (Lipinski definition) is 1. The molecule has 2 heterocycles.